The number of aliphatic hydroxyl groups is 1. The number of methoxy groups -OCH3 is 1. The molecule has 1 amide bonds. The Labute approximate surface area is 171 Å². The van der Waals surface area contributed by atoms with E-state index in [0.29, 0.717) is 58.1 Å². The van der Waals surface area contributed by atoms with Crippen molar-refractivity contribution in [3.63, 3.8) is 0 Å². The second-order valence-electron chi connectivity index (χ2n) is 6.99. The number of amides is 1. The Morgan fingerprint density at radius 3 is 3.10 bits per heavy atom. The molecule has 1 saturated heterocycles. The van der Waals surface area contributed by atoms with Crippen LogP contribution in [0.2, 0.25) is 0 Å². The molecule has 0 bridgehead atoms. The fourth-order valence-electron chi connectivity index (χ4n) is 3.22. The number of hydrogen-bond acceptors (Lipinski definition) is 6. The van der Waals surface area contributed by atoms with Gasteiger partial charge in [0.15, 0.2) is 0 Å². The fraction of sp³-hybridized carbons (Fsp3) is 0.571. The van der Waals surface area contributed by atoms with Crippen molar-refractivity contribution in [3.8, 4) is 0 Å². The van der Waals surface area contributed by atoms with E-state index < -0.39 is 11.9 Å². The quantitative estimate of drug-likeness (QED) is 0.412. The molecule has 162 valence electrons. The molecule has 1 N–H and O–H groups in total. The highest BCUT2D eigenvalue weighted by atomic mass is 19.1. The van der Waals surface area contributed by atoms with E-state index in [1.807, 2.05) is 0 Å². The van der Waals surface area contributed by atoms with Crippen LogP contribution in [0.1, 0.15) is 10.4 Å². The van der Waals surface area contributed by atoms with Gasteiger partial charge in [0.05, 0.1) is 38.6 Å². The van der Waals surface area contributed by atoms with Crippen LogP contribution in [-0.2, 0) is 14.2 Å². The minimum Gasteiger partial charge on any atom is -0.389 e. The highest BCUT2D eigenvalue weighted by Gasteiger charge is 2.26. The third kappa shape index (κ3) is 8.20. The van der Waals surface area contributed by atoms with Crippen molar-refractivity contribution in [2.45, 2.75) is 12.2 Å². The molecule has 1 aliphatic rings. The van der Waals surface area contributed by atoms with Gasteiger partial charge < -0.3 is 24.2 Å². The molecule has 7 nitrogen and oxygen atoms in total. The fourth-order valence-corrected chi connectivity index (χ4v) is 3.22. The van der Waals surface area contributed by atoms with Crippen LogP contribution in [0, 0.1) is 5.82 Å². The van der Waals surface area contributed by atoms with Gasteiger partial charge in [-0.1, -0.05) is 12.1 Å². The second-order valence-corrected chi connectivity index (χ2v) is 6.99. The Hall–Kier alpha value is -1.84. The highest BCUT2D eigenvalue weighted by molar-refractivity contribution is 5.94. The normalized spacial score (nSPS) is 18.4. The lowest BCUT2D eigenvalue weighted by atomic mass is 10.1. The van der Waals surface area contributed by atoms with Crippen molar-refractivity contribution in [1.29, 1.82) is 0 Å². The van der Waals surface area contributed by atoms with E-state index in [2.05, 4.69) is 11.5 Å². The maximum absolute atomic E-state index is 13.5. The molecule has 1 aliphatic heterocycles. The first-order chi connectivity index (χ1) is 14.0. The number of ether oxygens (including phenoxy) is 3. The van der Waals surface area contributed by atoms with Crippen molar-refractivity contribution in [1.82, 2.24) is 9.80 Å². The topological polar surface area (TPSA) is 71.5 Å². The standard InChI is InChI=1S/C21H31FN2O5/c1-3-9-28-16-19(25)13-23-7-11-29-20(14-23)15-24(8-10-27-2)21(26)17-5-4-6-18(22)12-17/h3-6,12,19-20,25H,1,7-11,13-16H2,2H3/t19-,20+/m1/s1. The van der Waals surface area contributed by atoms with Crippen LogP contribution in [0.25, 0.3) is 0 Å². The summed E-state index contributed by atoms with van der Waals surface area (Å²) in [5.41, 5.74) is 0.295. The number of aliphatic hydroxyl groups excluding tert-OH is 1. The summed E-state index contributed by atoms with van der Waals surface area (Å²) in [5, 5.41) is 10.1. The zero-order valence-corrected chi connectivity index (χ0v) is 17.0. The molecule has 0 aliphatic carbocycles. The van der Waals surface area contributed by atoms with Gasteiger partial charge in [-0.15, -0.1) is 6.58 Å². The molecule has 2 rings (SSSR count). The molecule has 1 aromatic rings. The number of hydrogen-bond donors (Lipinski definition) is 1. The molecule has 1 fully saturated rings. The van der Waals surface area contributed by atoms with Gasteiger partial charge >= 0.3 is 0 Å². The molecule has 0 radical (unpaired) electrons. The van der Waals surface area contributed by atoms with E-state index in [4.69, 9.17) is 14.2 Å². The minimum atomic E-state index is -0.604. The number of halogens is 1. The third-order valence-corrected chi connectivity index (χ3v) is 4.59. The van der Waals surface area contributed by atoms with Crippen molar-refractivity contribution in [3.05, 3.63) is 48.3 Å². The maximum atomic E-state index is 13.5. The number of rotatable bonds is 12. The lowest BCUT2D eigenvalue weighted by Crippen LogP contribution is -2.51. The molecule has 0 spiro atoms. The molecule has 1 heterocycles. The summed E-state index contributed by atoms with van der Waals surface area (Å²) in [5.74, 6) is -0.713. The van der Waals surface area contributed by atoms with E-state index >= 15 is 0 Å². The summed E-state index contributed by atoms with van der Waals surface area (Å²) in [6, 6.07) is 5.66. The Kier molecular flexibility index (Phi) is 10.2. The smallest absolute Gasteiger partial charge is 0.254 e. The van der Waals surface area contributed by atoms with Crippen molar-refractivity contribution in [2.24, 2.45) is 0 Å². The lowest BCUT2D eigenvalue weighted by molar-refractivity contribution is -0.0585. The van der Waals surface area contributed by atoms with E-state index in [1.165, 1.54) is 18.2 Å². The molecule has 0 saturated carbocycles. The summed E-state index contributed by atoms with van der Waals surface area (Å²) in [7, 11) is 1.57. The number of β-amino-alcohol motifs (C(OH)–C–C–N with tert-alkyl or cyclic N) is 1. The zero-order chi connectivity index (χ0) is 21.1. The highest BCUT2D eigenvalue weighted by Crippen LogP contribution is 2.12. The molecule has 0 aromatic heterocycles. The first-order valence-corrected chi connectivity index (χ1v) is 9.78. The predicted octanol–water partition coefficient (Wildman–Crippen LogP) is 1.18. The van der Waals surface area contributed by atoms with Gasteiger partial charge in [0, 0.05) is 45.4 Å². The van der Waals surface area contributed by atoms with Crippen LogP contribution >= 0.6 is 0 Å². The third-order valence-electron chi connectivity index (χ3n) is 4.59. The van der Waals surface area contributed by atoms with Crippen LogP contribution in [0.5, 0.6) is 0 Å². The van der Waals surface area contributed by atoms with Crippen molar-refractivity contribution in [2.75, 3.05) is 66.3 Å². The van der Waals surface area contributed by atoms with E-state index in [9.17, 15) is 14.3 Å². The van der Waals surface area contributed by atoms with Crippen LogP contribution in [0.15, 0.2) is 36.9 Å². The monoisotopic (exact) mass is 410 g/mol. The summed E-state index contributed by atoms with van der Waals surface area (Å²) in [6.45, 7) is 7.59. The Morgan fingerprint density at radius 2 is 2.38 bits per heavy atom. The molecule has 29 heavy (non-hydrogen) atoms. The van der Waals surface area contributed by atoms with Crippen LogP contribution in [0.3, 0.4) is 0 Å². The summed E-state index contributed by atoms with van der Waals surface area (Å²) < 4.78 is 29.8. The van der Waals surface area contributed by atoms with Crippen LogP contribution in [0.4, 0.5) is 4.39 Å². The number of benzene rings is 1. The average molecular weight is 410 g/mol. The van der Waals surface area contributed by atoms with E-state index in [-0.39, 0.29) is 18.6 Å². The Bertz CT molecular complexity index is 645. The van der Waals surface area contributed by atoms with Gasteiger partial charge in [-0.05, 0) is 18.2 Å². The molecule has 2 atom stereocenters. The average Bonchev–Trinajstić information content (AvgIpc) is 2.71. The predicted molar refractivity (Wildman–Crippen MR) is 107 cm³/mol. The molecular formula is C21H31FN2O5. The minimum absolute atomic E-state index is 0.209. The second kappa shape index (κ2) is 12.7. The molecule has 1 aromatic carbocycles. The van der Waals surface area contributed by atoms with Gasteiger partial charge in [0.1, 0.15) is 5.82 Å². The lowest BCUT2D eigenvalue weighted by Gasteiger charge is -2.36. The number of carbonyl (C=O) groups is 1. The van der Waals surface area contributed by atoms with Gasteiger partial charge in [-0.2, -0.15) is 0 Å². The molecule has 0 unspecified atom stereocenters. The van der Waals surface area contributed by atoms with Gasteiger partial charge in [-0.25, -0.2) is 4.39 Å². The summed E-state index contributed by atoms with van der Waals surface area (Å²) in [6.07, 6.45) is 0.827. The largest absolute Gasteiger partial charge is 0.389 e. The number of nitrogens with zero attached hydrogens (tertiary/aromatic N) is 2. The van der Waals surface area contributed by atoms with Crippen molar-refractivity contribution >= 4 is 5.91 Å². The van der Waals surface area contributed by atoms with Crippen LogP contribution in [-0.4, -0.2) is 99.3 Å². The number of morpholine rings is 1. The van der Waals surface area contributed by atoms with Gasteiger partial charge in [0.2, 0.25) is 0 Å². The number of carbonyl (C=O) groups excluding carboxylic acids is 1. The van der Waals surface area contributed by atoms with Gasteiger partial charge in [0.25, 0.3) is 5.91 Å². The van der Waals surface area contributed by atoms with E-state index in [1.54, 1.807) is 24.2 Å². The van der Waals surface area contributed by atoms with Crippen molar-refractivity contribution < 1.29 is 28.5 Å². The van der Waals surface area contributed by atoms with Gasteiger partial charge in [-0.3, -0.25) is 9.69 Å². The maximum Gasteiger partial charge on any atom is 0.254 e. The summed E-state index contributed by atoms with van der Waals surface area (Å²) >= 11 is 0. The molecular weight excluding hydrogens is 379 g/mol. The Morgan fingerprint density at radius 1 is 1.55 bits per heavy atom. The van der Waals surface area contributed by atoms with Crippen LogP contribution < -0.4 is 0 Å². The zero-order valence-electron chi connectivity index (χ0n) is 17.0. The molecule has 8 heteroatoms. The van der Waals surface area contributed by atoms with E-state index in [0.717, 1.165) is 0 Å². The first kappa shape index (κ1) is 23.4. The summed E-state index contributed by atoms with van der Waals surface area (Å²) in [4.78, 5) is 16.6. The SMILES string of the molecule is C=CCOC[C@H](O)CN1CCO[C@H](CN(CCOC)C(=O)c2cccc(F)c2)C1. The first-order valence-electron chi connectivity index (χ1n) is 9.78. The Balaban J connectivity index is 1.93.